The van der Waals surface area contributed by atoms with Crippen LogP contribution in [-0.2, 0) is 4.74 Å². The van der Waals surface area contributed by atoms with Crippen LogP contribution in [0, 0.1) is 5.41 Å². The average Bonchev–Trinajstić information content (AvgIpc) is 2.30. The van der Waals surface area contributed by atoms with Crippen molar-refractivity contribution in [3.8, 4) is 0 Å². The highest BCUT2D eigenvalue weighted by atomic mass is 16.5. The molecule has 0 aliphatic carbocycles. The Bertz CT molecular complexity index is 182. The van der Waals surface area contributed by atoms with E-state index in [4.69, 9.17) is 4.74 Å². The van der Waals surface area contributed by atoms with Crippen molar-refractivity contribution < 1.29 is 4.74 Å². The molecule has 3 nitrogen and oxygen atoms in total. The van der Waals surface area contributed by atoms with Crippen LogP contribution in [0.25, 0.3) is 0 Å². The lowest BCUT2D eigenvalue weighted by molar-refractivity contribution is 0.0408. The van der Waals surface area contributed by atoms with Crippen LogP contribution >= 0.6 is 0 Å². The van der Waals surface area contributed by atoms with E-state index in [0.717, 1.165) is 13.2 Å². The van der Waals surface area contributed by atoms with Crippen LogP contribution in [0.3, 0.4) is 0 Å². The molecule has 0 radical (unpaired) electrons. The normalized spacial score (nSPS) is 23.2. The summed E-state index contributed by atoms with van der Waals surface area (Å²) in [5.74, 6) is 0. The van der Waals surface area contributed by atoms with Crippen molar-refractivity contribution in [1.29, 1.82) is 0 Å². The fraction of sp³-hybridized carbons (Fsp3) is 1.00. The van der Waals surface area contributed by atoms with Gasteiger partial charge in [0, 0.05) is 19.7 Å². The Morgan fingerprint density at radius 1 is 1.38 bits per heavy atom. The van der Waals surface area contributed by atoms with Gasteiger partial charge < -0.3 is 10.1 Å². The topological polar surface area (TPSA) is 24.5 Å². The molecule has 0 aromatic heterocycles. The molecule has 16 heavy (non-hydrogen) atoms. The molecule has 0 saturated carbocycles. The maximum Gasteiger partial charge on any atom is 0.0630 e. The molecule has 0 aromatic carbocycles. The number of rotatable bonds is 6. The van der Waals surface area contributed by atoms with Gasteiger partial charge in [0.05, 0.1) is 6.61 Å². The van der Waals surface area contributed by atoms with Crippen LogP contribution in [-0.4, -0.2) is 51.3 Å². The van der Waals surface area contributed by atoms with Crippen molar-refractivity contribution in [3.05, 3.63) is 0 Å². The molecule has 1 fully saturated rings. The van der Waals surface area contributed by atoms with E-state index in [-0.39, 0.29) is 0 Å². The minimum atomic E-state index is 0.538. The Morgan fingerprint density at radius 2 is 2.00 bits per heavy atom. The van der Waals surface area contributed by atoms with Crippen LogP contribution in [0.4, 0.5) is 0 Å². The molecule has 96 valence electrons. The Hall–Kier alpha value is -0.120. The SMILES string of the molecule is CCC1(C)CCN(C(CNC)COC)CC1. The smallest absolute Gasteiger partial charge is 0.0630 e. The number of hydrogen-bond donors (Lipinski definition) is 1. The molecule has 1 rings (SSSR count). The van der Waals surface area contributed by atoms with Crippen LogP contribution in [0.5, 0.6) is 0 Å². The summed E-state index contributed by atoms with van der Waals surface area (Å²) in [6.45, 7) is 9.05. The van der Waals surface area contributed by atoms with E-state index in [1.165, 1.54) is 32.4 Å². The van der Waals surface area contributed by atoms with Crippen LogP contribution in [0.15, 0.2) is 0 Å². The zero-order valence-corrected chi connectivity index (χ0v) is 11.4. The lowest BCUT2D eigenvalue weighted by atomic mass is 9.78. The number of likely N-dealkylation sites (N-methyl/N-ethyl adjacent to an activating group) is 1. The predicted octanol–water partition coefficient (Wildman–Crippen LogP) is 1.73. The maximum absolute atomic E-state index is 5.31. The summed E-state index contributed by atoms with van der Waals surface area (Å²) in [4.78, 5) is 2.58. The first-order valence-corrected chi connectivity index (χ1v) is 6.53. The van der Waals surface area contributed by atoms with Crippen molar-refractivity contribution in [1.82, 2.24) is 10.2 Å². The number of likely N-dealkylation sites (tertiary alicyclic amines) is 1. The van der Waals surface area contributed by atoms with Crippen LogP contribution in [0.2, 0.25) is 0 Å². The number of nitrogens with zero attached hydrogens (tertiary/aromatic N) is 1. The van der Waals surface area contributed by atoms with Crippen molar-refractivity contribution in [3.63, 3.8) is 0 Å². The molecule has 1 atom stereocenters. The third kappa shape index (κ3) is 3.72. The summed E-state index contributed by atoms with van der Waals surface area (Å²) in [5, 5.41) is 3.26. The third-order valence-corrected chi connectivity index (χ3v) is 4.17. The van der Waals surface area contributed by atoms with Gasteiger partial charge in [0.15, 0.2) is 0 Å². The van der Waals surface area contributed by atoms with Gasteiger partial charge in [-0.1, -0.05) is 20.3 Å². The second-order valence-electron chi connectivity index (χ2n) is 5.37. The van der Waals surface area contributed by atoms with E-state index in [0.29, 0.717) is 11.5 Å². The standard InChI is InChI=1S/C13H28N2O/c1-5-13(2)6-8-15(9-7-13)12(10-14-3)11-16-4/h12,14H,5-11H2,1-4H3. The second kappa shape index (κ2) is 6.58. The van der Waals surface area contributed by atoms with Gasteiger partial charge >= 0.3 is 0 Å². The number of ether oxygens (including phenoxy) is 1. The van der Waals surface area contributed by atoms with E-state index in [2.05, 4.69) is 24.1 Å². The average molecular weight is 228 g/mol. The second-order valence-corrected chi connectivity index (χ2v) is 5.37. The largest absolute Gasteiger partial charge is 0.383 e. The number of methoxy groups -OCH3 is 1. The Balaban J connectivity index is 2.43. The van der Waals surface area contributed by atoms with E-state index < -0.39 is 0 Å². The van der Waals surface area contributed by atoms with Crippen LogP contribution < -0.4 is 5.32 Å². The fourth-order valence-electron chi connectivity index (χ4n) is 2.50. The fourth-order valence-corrected chi connectivity index (χ4v) is 2.50. The Labute approximate surface area is 101 Å². The zero-order chi connectivity index (χ0) is 12.0. The molecule has 3 heteroatoms. The number of hydrogen-bond acceptors (Lipinski definition) is 3. The van der Waals surface area contributed by atoms with Gasteiger partial charge in [-0.25, -0.2) is 0 Å². The summed E-state index contributed by atoms with van der Waals surface area (Å²) in [7, 11) is 3.81. The maximum atomic E-state index is 5.31. The molecule has 1 N–H and O–H groups in total. The molecule has 0 spiro atoms. The molecular formula is C13H28N2O. The summed E-state index contributed by atoms with van der Waals surface area (Å²) in [6, 6.07) is 0.538. The third-order valence-electron chi connectivity index (χ3n) is 4.17. The van der Waals surface area contributed by atoms with Gasteiger partial charge in [0.1, 0.15) is 0 Å². The van der Waals surface area contributed by atoms with Gasteiger partial charge in [0.25, 0.3) is 0 Å². The van der Waals surface area contributed by atoms with Crippen molar-refractivity contribution >= 4 is 0 Å². The first-order chi connectivity index (χ1) is 7.65. The summed E-state index contributed by atoms with van der Waals surface area (Å²) >= 11 is 0. The quantitative estimate of drug-likeness (QED) is 0.749. The molecule has 1 saturated heterocycles. The monoisotopic (exact) mass is 228 g/mol. The number of piperidine rings is 1. The summed E-state index contributed by atoms with van der Waals surface area (Å²) in [5.41, 5.74) is 0.577. The van der Waals surface area contributed by atoms with E-state index in [1.54, 1.807) is 7.11 Å². The molecule has 1 unspecified atom stereocenters. The molecule has 1 heterocycles. The van der Waals surface area contributed by atoms with E-state index in [1.807, 2.05) is 7.05 Å². The van der Waals surface area contributed by atoms with E-state index in [9.17, 15) is 0 Å². The van der Waals surface area contributed by atoms with Crippen molar-refractivity contribution in [2.75, 3.05) is 40.4 Å². The Morgan fingerprint density at radius 3 is 2.44 bits per heavy atom. The molecule has 0 bridgehead atoms. The van der Waals surface area contributed by atoms with E-state index >= 15 is 0 Å². The highest BCUT2D eigenvalue weighted by Gasteiger charge is 2.30. The van der Waals surface area contributed by atoms with Gasteiger partial charge in [-0.2, -0.15) is 0 Å². The molecule has 0 aromatic rings. The predicted molar refractivity (Wildman–Crippen MR) is 68.8 cm³/mol. The first-order valence-electron chi connectivity index (χ1n) is 6.53. The number of nitrogens with one attached hydrogen (secondary N) is 1. The molecular weight excluding hydrogens is 200 g/mol. The minimum absolute atomic E-state index is 0.538. The van der Waals surface area contributed by atoms with Gasteiger partial charge in [-0.3, -0.25) is 4.90 Å². The zero-order valence-electron chi connectivity index (χ0n) is 11.4. The first kappa shape index (κ1) is 13.9. The highest BCUT2D eigenvalue weighted by Crippen LogP contribution is 2.34. The van der Waals surface area contributed by atoms with Gasteiger partial charge in [-0.05, 0) is 38.4 Å². The van der Waals surface area contributed by atoms with Crippen molar-refractivity contribution in [2.24, 2.45) is 5.41 Å². The van der Waals surface area contributed by atoms with Crippen LogP contribution in [0.1, 0.15) is 33.1 Å². The van der Waals surface area contributed by atoms with Gasteiger partial charge in [0.2, 0.25) is 0 Å². The molecule has 1 aliphatic heterocycles. The highest BCUT2D eigenvalue weighted by molar-refractivity contribution is 4.85. The molecule has 0 amide bonds. The Kier molecular flexibility index (Phi) is 5.73. The summed E-state index contributed by atoms with van der Waals surface area (Å²) in [6.07, 6.45) is 3.96. The lowest BCUT2D eigenvalue weighted by Gasteiger charge is -2.42. The molecule has 1 aliphatic rings. The van der Waals surface area contributed by atoms with Crippen molar-refractivity contribution in [2.45, 2.75) is 39.2 Å². The minimum Gasteiger partial charge on any atom is -0.383 e. The lowest BCUT2D eigenvalue weighted by Crippen LogP contribution is -2.49. The van der Waals surface area contributed by atoms with Gasteiger partial charge in [-0.15, -0.1) is 0 Å². The summed E-state index contributed by atoms with van der Waals surface area (Å²) < 4.78 is 5.31.